The van der Waals surface area contributed by atoms with Crippen LogP contribution in [0.5, 0.6) is 0 Å². The summed E-state index contributed by atoms with van der Waals surface area (Å²) < 4.78 is 0. The molecule has 1 heterocycles. The van der Waals surface area contributed by atoms with Gasteiger partial charge in [0.1, 0.15) is 5.66 Å². The predicted molar refractivity (Wildman–Crippen MR) is 89.5 cm³/mol. The molecule has 0 bridgehead atoms. The first kappa shape index (κ1) is 15.3. The van der Waals surface area contributed by atoms with Gasteiger partial charge in [-0.1, -0.05) is 38.5 Å². The molecule has 1 aliphatic carbocycles. The molecule has 3 rings (SSSR count). The number of nitrogens with one attached hydrogen (secondary N) is 2. The molecule has 120 valence electrons. The zero-order valence-electron chi connectivity index (χ0n) is 14.1. The van der Waals surface area contributed by atoms with Gasteiger partial charge in [0.25, 0.3) is 0 Å². The van der Waals surface area contributed by atoms with Crippen molar-refractivity contribution < 1.29 is 4.79 Å². The maximum Gasteiger partial charge on any atom is 0.338 e. The van der Waals surface area contributed by atoms with Gasteiger partial charge in [0.05, 0.1) is 5.69 Å². The summed E-state index contributed by atoms with van der Waals surface area (Å²) in [7, 11) is 0. The average Bonchev–Trinajstić information content (AvgIpc) is 2.76. The first-order valence-electron chi connectivity index (χ1n) is 8.26. The molecule has 1 aromatic carbocycles. The van der Waals surface area contributed by atoms with E-state index in [0.717, 1.165) is 37.3 Å². The molecule has 0 atom stereocenters. The quantitative estimate of drug-likeness (QED) is 0.824. The summed E-state index contributed by atoms with van der Waals surface area (Å²) in [5.41, 5.74) is 5.62. The molecule has 2 aliphatic rings. The Bertz CT molecular complexity index is 551. The second kappa shape index (κ2) is 5.27. The van der Waals surface area contributed by atoms with Crippen molar-refractivity contribution in [2.24, 2.45) is 11.3 Å². The molecule has 0 radical (unpaired) electrons. The summed E-state index contributed by atoms with van der Waals surface area (Å²) in [4.78, 5) is 12.4. The lowest BCUT2D eigenvalue weighted by atomic mass is 9.70. The molecule has 4 nitrogen and oxygen atoms in total. The lowest BCUT2D eigenvalue weighted by molar-refractivity contribution is 0.114. The Morgan fingerprint density at radius 1 is 1.14 bits per heavy atom. The van der Waals surface area contributed by atoms with Crippen molar-refractivity contribution in [3.8, 4) is 0 Å². The Kier molecular flexibility index (Phi) is 3.68. The zero-order chi connectivity index (χ0) is 16.0. The highest BCUT2D eigenvalue weighted by atomic mass is 16.2. The molecular formula is C18H27N3O. The molecule has 1 saturated heterocycles. The number of aryl methyl sites for hydroxylation is 1. The fraction of sp³-hybridized carbons (Fsp3) is 0.611. The topological polar surface area (TPSA) is 44.4 Å². The van der Waals surface area contributed by atoms with Crippen molar-refractivity contribution in [2.45, 2.75) is 59.0 Å². The third kappa shape index (κ3) is 2.84. The Morgan fingerprint density at radius 3 is 2.27 bits per heavy atom. The minimum atomic E-state index is -0.260. The van der Waals surface area contributed by atoms with Gasteiger partial charge in [0.15, 0.2) is 0 Å². The summed E-state index contributed by atoms with van der Waals surface area (Å²) in [6, 6.07) is 8.00. The fourth-order valence-electron chi connectivity index (χ4n) is 3.64. The van der Waals surface area contributed by atoms with Gasteiger partial charge in [-0.3, -0.25) is 0 Å². The third-order valence-electron chi connectivity index (χ3n) is 5.23. The number of rotatable bonds is 1. The maximum atomic E-state index is 12.4. The molecule has 0 unspecified atom stereocenters. The van der Waals surface area contributed by atoms with E-state index in [0.29, 0.717) is 5.41 Å². The second-order valence-corrected chi connectivity index (χ2v) is 7.94. The Balaban J connectivity index is 1.71. The molecule has 1 spiro atoms. The van der Waals surface area contributed by atoms with Crippen LogP contribution < -0.4 is 15.8 Å². The first-order chi connectivity index (χ1) is 10.3. The van der Waals surface area contributed by atoms with Crippen LogP contribution in [0.4, 0.5) is 10.5 Å². The molecule has 1 aliphatic heterocycles. The van der Waals surface area contributed by atoms with Crippen LogP contribution in [0.2, 0.25) is 0 Å². The van der Waals surface area contributed by atoms with Crippen LogP contribution in [0.3, 0.4) is 0 Å². The van der Waals surface area contributed by atoms with Gasteiger partial charge in [-0.25, -0.2) is 15.2 Å². The Labute approximate surface area is 133 Å². The molecule has 2 N–H and O–H groups in total. The summed E-state index contributed by atoms with van der Waals surface area (Å²) in [5, 5.41) is 4.84. The number of amides is 2. The van der Waals surface area contributed by atoms with Crippen molar-refractivity contribution in [3.63, 3.8) is 0 Å². The number of urea groups is 1. The number of hydrogen-bond donors (Lipinski definition) is 2. The first-order valence-corrected chi connectivity index (χ1v) is 8.26. The number of carbonyl (C=O) groups is 1. The largest absolute Gasteiger partial charge is 0.338 e. The lowest BCUT2D eigenvalue weighted by Crippen LogP contribution is -2.54. The van der Waals surface area contributed by atoms with Crippen LogP contribution >= 0.6 is 0 Å². The van der Waals surface area contributed by atoms with Crippen molar-refractivity contribution in [1.82, 2.24) is 10.7 Å². The Hall–Kier alpha value is -1.55. The monoisotopic (exact) mass is 301 g/mol. The van der Waals surface area contributed by atoms with Gasteiger partial charge in [0.2, 0.25) is 0 Å². The number of hydrogen-bond acceptors (Lipinski definition) is 2. The number of benzene rings is 1. The lowest BCUT2D eigenvalue weighted by Gasteiger charge is -2.41. The highest BCUT2D eigenvalue weighted by Crippen LogP contribution is 2.41. The van der Waals surface area contributed by atoms with E-state index in [2.05, 4.69) is 38.4 Å². The number of nitrogens with zero attached hydrogens (tertiary/aromatic N) is 1. The minimum absolute atomic E-state index is 0.0435. The number of carbonyl (C=O) groups excluding carboxylic acids is 1. The maximum absolute atomic E-state index is 12.4. The standard InChI is InChI=1S/C18H27N3O/c1-13-5-7-15(8-6-13)21-16(22)19-18(20-21)11-9-14(10-12-18)17(2,3)4/h5-8,14,20H,9-12H2,1-4H3,(H,19,22). The minimum Gasteiger partial charge on any atom is -0.317 e. The molecular weight excluding hydrogens is 274 g/mol. The molecule has 0 aromatic heterocycles. The van der Waals surface area contributed by atoms with Gasteiger partial charge in [0, 0.05) is 0 Å². The van der Waals surface area contributed by atoms with E-state index in [1.807, 2.05) is 24.3 Å². The zero-order valence-corrected chi connectivity index (χ0v) is 14.1. The van der Waals surface area contributed by atoms with Crippen LogP contribution in [-0.4, -0.2) is 11.7 Å². The smallest absolute Gasteiger partial charge is 0.317 e. The van der Waals surface area contributed by atoms with Crippen molar-refractivity contribution in [3.05, 3.63) is 29.8 Å². The van der Waals surface area contributed by atoms with E-state index in [4.69, 9.17) is 0 Å². The predicted octanol–water partition coefficient (Wildman–Crippen LogP) is 3.96. The van der Waals surface area contributed by atoms with E-state index in [9.17, 15) is 4.79 Å². The number of anilines is 1. The summed E-state index contributed by atoms with van der Waals surface area (Å²) >= 11 is 0. The molecule has 2 fully saturated rings. The van der Waals surface area contributed by atoms with Gasteiger partial charge in [-0.15, -0.1) is 0 Å². The molecule has 22 heavy (non-hydrogen) atoms. The van der Waals surface area contributed by atoms with Crippen LogP contribution in [0.1, 0.15) is 52.0 Å². The van der Waals surface area contributed by atoms with E-state index < -0.39 is 0 Å². The van der Waals surface area contributed by atoms with Crippen LogP contribution in [0.15, 0.2) is 24.3 Å². The molecule has 1 aromatic rings. The van der Waals surface area contributed by atoms with E-state index in [-0.39, 0.29) is 11.7 Å². The highest BCUT2D eigenvalue weighted by molar-refractivity contribution is 5.93. The van der Waals surface area contributed by atoms with Gasteiger partial charge >= 0.3 is 6.03 Å². The van der Waals surface area contributed by atoms with Crippen LogP contribution in [-0.2, 0) is 0 Å². The van der Waals surface area contributed by atoms with Crippen molar-refractivity contribution in [2.75, 3.05) is 5.01 Å². The van der Waals surface area contributed by atoms with Gasteiger partial charge in [-0.2, -0.15) is 0 Å². The molecule has 1 saturated carbocycles. The highest BCUT2D eigenvalue weighted by Gasteiger charge is 2.46. The van der Waals surface area contributed by atoms with E-state index in [1.165, 1.54) is 5.56 Å². The third-order valence-corrected chi connectivity index (χ3v) is 5.23. The summed E-state index contributed by atoms with van der Waals surface area (Å²) in [5.74, 6) is 0.727. The van der Waals surface area contributed by atoms with Gasteiger partial charge in [-0.05, 0) is 56.1 Å². The van der Waals surface area contributed by atoms with E-state index >= 15 is 0 Å². The second-order valence-electron chi connectivity index (χ2n) is 7.94. The number of hydrazine groups is 1. The summed E-state index contributed by atoms with van der Waals surface area (Å²) in [6.07, 6.45) is 4.28. The molecule has 2 amide bonds. The fourth-order valence-corrected chi connectivity index (χ4v) is 3.64. The molecule has 4 heteroatoms. The Morgan fingerprint density at radius 2 is 1.73 bits per heavy atom. The van der Waals surface area contributed by atoms with Crippen LogP contribution in [0, 0.1) is 18.3 Å². The van der Waals surface area contributed by atoms with E-state index in [1.54, 1.807) is 5.01 Å². The van der Waals surface area contributed by atoms with Crippen LogP contribution in [0.25, 0.3) is 0 Å². The van der Waals surface area contributed by atoms with Gasteiger partial charge < -0.3 is 5.32 Å². The summed E-state index contributed by atoms with van der Waals surface area (Å²) in [6.45, 7) is 9.00. The van der Waals surface area contributed by atoms with Crippen molar-refractivity contribution >= 4 is 11.7 Å². The van der Waals surface area contributed by atoms with Crippen molar-refractivity contribution in [1.29, 1.82) is 0 Å². The SMILES string of the molecule is Cc1ccc(N2NC3(CCC(C(C)(C)C)CC3)NC2=O)cc1. The normalized spacial score (nSPS) is 29.0. The average molecular weight is 301 g/mol.